The second-order valence-corrected chi connectivity index (χ2v) is 17.1. The van der Waals surface area contributed by atoms with E-state index in [1.807, 2.05) is 0 Å². The van der Waals surface area contributed by atoms with E-state index in [1.165, 1.54) is 116 Å². The molecule has 0 aliphatic heterocycles. The lowest BCUT2D eigenvalue weighted by atomic mass is 10.0. The molecule has 0 saturated heterocycles. The summed E-state index contributed by atoms with van der Waals surface area (Å²) >= 11 is 0. The van der Waals surface area contributed by atoms with E-state index in [2.05, 4.69) is 69.4 Å². The molecule has 1 atom stereocenters. The maximum Gasteiger partial charge on any atom is 0.306 e. The van der Waals surface area contributed by atoms with Gasteiger partial charge in [0.15, 0.2) is 6.10 Å². The minimum atomic E-state index is -0.784. The Bertz CT molecular complexity index is 1060. The third kappa shape index (κ3) is 46.4. The van der Waals surface area contributed by atoms with E-state index in [0.29, 0.717) is 19.3 Å². The smallest absolute Gasteiger partial charge is 0.306 e. The topological polar surface area (TPSA) is 78.9 Å². The molecule has 0 saturated carbocycles. The van der Waals surface area contributed by atoms with E-state index >= 15 is 0 Å². The SMILES string of the molecule is CC\C=C/C=C\C=C/CCCCCCCC(=O)OC(COC(=O)CCCCCC/C=C\CCCC)COC(=O)CCCCCCCCCCCCCCCCCCCCC. The monoisotopic (exact) mass is 841 g/mol. The highest BCUT2D eigenvalue weighted by atomic mass is 16.6. The molecule has 0 aromatic carbocycles. The van der Waals surface area contributed by atoms with Crippen LogP contribution < -0.4 is 0 Å². The lowest BCUT2D eigenvalue weighted by Crippen LogP contribution is -2.30. The van der Waals surface area contributed by atoms with Crippen LogP contribution in [-0.4, -0.2) is 37.2 Å². The zero-order valence-corrected chi connectivity index (χ0v) is 39.7. The number of carbonyl (C=O) groups is 3. The maximum absolute atomic E-state index is 12.7. The number of hydrogen-bond acceptors (Lipinski definition) is 6. The van der Waals surface area contributed by atoms with Gasteiger partial charge in [0, 0.05) is 19.3 Å². The van der Waals surface area contributed by atoms with Crippen LogP contribution >= 0.6 is 0 Å². The van der Waals surface area contributed by atoms with Gasteiger partial charge < -0.3 is 14.2 Å². The molecular weight excluding hydrogens is 745 g/mol. The van der Waals surface area contributed by atoms with E-state index in [4.69, 9.17) is 14.2 Å². The predicted octanol–water partition coefficient (Wildman–Crippen LogP) is 16.7. The van der Waals surface area contributed by atoms with Gasteiger partial charge in [0.05, 0.1) is 0 Å². The Morgan fingerprint density at radius 3 is 1.10 bits per heavy atom. The minimum absolute atomic E-state index is 0.0830. The summed E-state index contributed by atoms with van der Waals surface area (Å²) in [5, 5.41) is 0. The Morgan fingerprint density at radius 1 is 0.350 bits per heavy atom. The minimum Gasteiger partial charge on any atom is -0.462 e. The fraction of sp³-hybridized carbons (Fsp3) is 0.796. The van der Waals surface area contributed by atoms with Crippen LogP contribution in [0.3, 0.4) is 0 Å². The fourth-order valence-electron chi connectivity index (χ4n) is 7.25. The lowest BCUT2D eigenvalue weighted by Gasteiger charge is -2.18. The molecule has 0 spiro atoms. The Balaban J connectivity index is 4.30. The van der Waals surface area contributed by atoms with Crippen LogP contribution in [0.4, 0.5) is 0 Å². The Morgan fingerprint density at radius 2 is 0.683 bits per heavy atom. The third-order valence-corrected chi connectivity index (χ3v) is 11.1. The highest BCUT2D eigenvalue weighted by Gasteiger charge is 2.19. The van der Waals surface area contributed by atoms with Crippen molar-refractivity contribution in [2.45, 2.75) is 264 Å². The van der Waals surface area contributed by atoms with Gasteiger partial charge in [-0.25, -0.2) is 0 Å². The molecule has 60 heavy (non-hydrogen) atoms. The first kappa shape index (κ1) is 57.4. The number of carbonyl (C=O) groups excluding carboxylic acids is 3. The first-order valence-electron chi connectivity index (χ1n) is 25.7. The van der Waals surface area contributed by atoms with E-state index < -0.39 is 6.10 Å². The van der Waals surface area contributed by atoms with Crippen LogP contribution in [0.2, 0.25) is 0 Å². The average molecular weight is 841 g/mol. The van der Waals surface area contributed by atoms with Crippen LogP contribution in [0.1, 0.15) is 258 Å². The van der Waals surface area contributed by atoms with Crippen molar-refractivity contribution < 1.29 is 28.6 Å². The van der Waals surface area contributed by atoms with Crippen molar-refractivity contribution in [2.24, 2.45) is 0 Å². The summed E-state index contributed by atoms with van der Waals surface area (Å²) in [6.07, 6.45) is 58.2. The average Bonchev–Trinajstić information content (AvgIpc) is 3.24. The molecule has 6 nitrogen and oxygen atoms in total. The highest BCUT2D eigenvalue weighted by molar-refractivity contribution is 5.71. The largest absolute Gasteiger partial charge is 0.462 e. The number of allylic oxidation sites excluding steroid dienone is 8. The van der Waals surface area contributed by atoms with Crippen molar-refractivity contribution in [1.29, 1.82) is 0 Å². The number of ether oxygens (including phenoxy) is 3. The van der Waals surface area contributed by atoms with Gasteiger partial charge in [-0.05, 0) is 57.8 Å². The normalized spacial score (nSPS) is 12.4. The molecule has 0 amide bonds. The zero-order valence-electron chi connectivity index (χ0n) is 39.7. The summed E-state index contributed by atoms with van der Waals surface area (Å²) in [4.78, 5) is 37.9. The molecule has 0 fully saturated rings. The molecule has 0 aliphatic carbocycles. The van der Waals surface area contributed by atoms with E-state index in [9.17, 15) is 14.4 Å². The Kier molecular flexibility index (Phi) is 46.9. The molecule has 0 bridgehead atoms. The van der Waals surface area contributed by atoms with Crippen molar-refractivity contribution >= 4 is 17.9 Å². The van der Waals surface area contributed by atoms with Crippen molar-refractivity contribution in [2.75, 3.05) is 13.2 Å². The van der Waals surface area contributed by atoms with Crippen LogP contribution in [-0.2, 0) is 28.6 Å². The fourth-order valence-corrected chi connectivity index (χ4v) is 7.25. The van der Waals surface area contributed by atoms with Crippen LogP contribution in [0.15, 0.2) is 48.6 Å². The number of unbranched alkanes of at least 4 members (excludes halogenated alkanes) is 29. The molecule has 0 aromatic rings. The standard InChI is InChI=1S/C54H96O6/c1-4-7-10-13-16-19-22-24-25-26-27-28-29-31-32-35-38-41-44-47-53(56)59-50-51(49-58-52(55)46-43-40-37-34-21-18-15-12-9-6-3)60-54(57)48-45-42-39-36-33-30-23-20-17-14-11-8-5-2/h8,11,14-15,17-18,20,23,51H,4-7,9-10,12-13,16,19,21-22,24-50H2,1-3H3/b11-8-,17-14-,18-15-,23-20-. The van der Waals surface area contributed by atoms with Gasteiger partial charge in [0.1, 0.15) is 13.2 Å². The van der Waals surface area contributed by atoms with Crippen molar-refractivity contribution in [3.8, 4) is 0 Å². The highest BCUT2D eigenvalue weighted by Crippen LogP contribution is 2.16. The molecule has 0 aliphatic rings. The number of rotatable bonds is 46. The van der Waals surface area contributed by atoms with Crippen molar-refractivity contribution in [1.82, 2.24) is 0 Å². The summed E-state index contributed by atoms with van der Waals surface area (Å²) in [6, 6.07) is 0. The van der Waals surface area contributed by atoms with E-state index in [1.54, 1.807) is 0 Å². The van der Waals surface area contributed by atoms with E-state index in [0.717, 1.165) is 103 Å². The van der Waals surface area contributed by atoms with Crippen molar-refractivity contribution in [3.05, 3.63) is 48.6 Å². The molecule has 0 rings (SSSR count). The second kappa shape index (κ2) is 49.0. The molecule has 6 heteroatoms. The summed E-state index contributed by atoms with van der Waals surface area (Å²) in [5.41, 5.74) is 0. The summed E-state index contributed by atoms with van der Waals surface area (Å²) in [5.74, 6) is -0.912. The lowest BCUT2D eigenvalue weighted by molar-refractivity contribution is -0.167. The van der Waals surface area contributed by atoms with Crippen LogP contribution in [0.5, 0.6) is 0 Å². The first-order valence-corrected chi connectivity index (χ1v) is 25.7. The van der Waals surface area contributed by atoms with E-state index in [-0.39, 0.29) is 31.1 Å². The summed E-state index contributed by atoms with van der Waals surface area (Å²) in [7, 11) is 0. The van der Waals surface area contributed by atoms with Gasteiger partial charge in [0.2, 0.25) is 0 Å². The molecule has 348 valence electrons. The molecule has 1 unspecified atom stereocenters. The Hall–Kier alpha value is -2.63. The van der Waals surface area contributed by atoms with Crippen molar-refractivity contribution in [3.63, 3.8) is 0 Å². The van der Waals surface area contributed by atoms with Gasteiger partial charge in [-0.15, -0.1) is 0 Å². The van der Waals surface area contributed by atoms with Gasteiger partial charge in [0.25, 0.3) is 0 Å². The second-order valence-electron chi connectivity index (χ2n) is 17.1. The molecule has 0 aromatic heterocycles. The first-order chi connectivity index (χ1) is 29.5. The molecule has 0 radical (unpaired) electrons. The third-order valence-electron chi connectivity index (χ3n) is 11.1. The number of esters is 3. The van der Waals surface area contributed by atoms with Gasteiger partial charge >= 0.3 is 17.9 Å². The molecule has 0 N–H and O–H groups in total. The molecule has 0 heterocycles. The Labute approximate surface area is 371 Å². The van der Waals surface area contributed by atoms with Crippen LogP contribution in [0, 0.1) is 0 Å². The quantitative estimate of drug-likeness (QED) is 0.0200. The van der Waals surface area contributed by atoms with Gasteiger partial charge in [-0.2, -0.15) is 0 Å². The van der Waals surface area contributed by atoms with Crippen LogP contribution in [0.25, 0.3) is 0 Å². The van der Waals surface area contributed by atoms with Gasteiger partial charge in [-0.1, -0.05) is 230 Å². The maximum atomic E-state index is 12.7. The zero-order chi connectivity index (χ0) is 43.7. The van der Waals surface area contributed by atoms with Gasteiger partial charge in [-0.3, -0.25) is 14.4 Å². The number of hydrogen-bond donors (Lipinski definition) is 0. The summed E-state index contributed by atoms with van der Waals surface area (Å²) in [6.45, 7) is 6.45. The predicted molar refractivity (Wildman–Crippen MR) is 256 cm³/mol. The summed E-state index contributed by atoms with van der Waals surface area (Å²) < 4.78 is 16.7. The molecular formula is C54H96O6.